The molecule has 0 aliphatic heterocycles. The predicted octanol–water partition coefficient (Wildman–Crippen LogP) is 20.5. The molecule has 6 heteroatoms. The molecule has 0 radical (unpaired) electrons. The van der Waals surface area contributed by atoms with Crippen LogP contribution in [0.25, 0.3) is 0 Å². The van der Waals surface area contributed by atoms with Crippen LogP contribution in [0.2, 0.25) is 0 Å². The summed E-state index contributed by atoms with van der Waals surface area (Å²) >= 11 is 0. The fraction of sp³-hybridized carbons (Fsp3) is 0.919. The van der Waals surface area contributed by atoms with Crippen LogP contribution in [-0.2, 0) is 28.6 Å². The van der Waals surface area contributed by atoms with Gasteiger partial charge in [0.05, 0.1) is 0 Å². The molecule has 1 unspecified atom stereocenters. The maximum absolute atomic E-state index is 12.8. The second kappa shape index (κ2) is 57.7. The Bertz CT molecular complexity index is 1060. The third kappa shape index (κ3) is 55.1. The average Bonchev–Trinajstić information content (AvgIpc) is 3.34. The number of hydrogen-bond acceptors (Lipinski definition) is 6. The van der Waals surface area contributed by atoms with Crippen molar-refractivity contribution in [2.75, 3.05) is 13.2 Å². The van der Waals surface area contributed by atoms with E-state index in [-0.39, 0.29) is 31.1 Å². The largest absolute Gasteiger partial charge is 0.462 e. The molecule has 6 nitrogen and oxygen atoms in total. The number of unbranched alkanes of at least 4 members (excludes halogenated alkanes) is 44. The summed E-state index contributed by atoms with van der Waals surface area (Å²) in [5.74, 6) is -0.854. The van der Waals surface area contributed by atoms with Crippen molar-refractivity contribution in [1.29, 1.82) is 0 Å². The van der Waals surface area contributed by atoms with E-state index in [0.717, 1.165) is 70.6 Å². The quantitative estimate of drug-likeness (QED) is 0.0262. The van der Waals surface area contributed by atoms with Crippen LogP contribution >= 0.6 is 0 Å². The average molecular weight is 960 g/mol. The Hall–Kier alpha value is -1.85. The zero-order valence-corrected chi connectivity index (χ0v) is 46.2. The highest BCUT2D eigenvalue weighted by atomic mass is 16.6. The van der Waals surface area contributed by atoms with E-state index in [9.17, 15) is 14.4 Å². The van der Waals surface area contributed by atoms with Crippen LogP contribution in [0.5, 0.6) is 0 Å². The summed E-state index contributed by atoms with van der Waals surface area (Å²) in [7, 11) is 0. The van der Waals surface area contributed by atoms with E-state index >= 15 is 0 Å². The SMILES string of the molecule is CCC/C=C\CCCCCCCC(=O)OCC(COC(=O)CCCCCCCCCCCCCCCCCCCCCCCCCCCC)OC(=O)CCCCCCCCCCCCCCCC. The van der Waals surface area contributed by atoms with Crippen molar-refractivity contribution in [3.8, 4) is 0 Å². The monoisotopic (exact) mass is 959 g/mol. The Labute approximate surface area is 424 Å². The molecule has 0 spiro atoms. The standard InChI is InChI=1S/C62H118O6/c1-4-7-10-13-16-19-22-24-26-27-28-29-30-31-32-33-34-35-36-37-39-40-43-46-49-52-55-61(64)67-58-59(57-66-60(63)54-51-48-45-42-21-18-15-12-9-6-3)68-62(65)56-53-50-47-44-41-38-25-23-20-17-14-11-8-5-2/h12,15,59H,4-11,13-14,16-58H2,1-3H3/b15-12-. The first-order chi connectivity index (χ1) is 33.5. The van der Waals surface area contributed by atoms with Crippen molar-refractivity contribution in [1.82, 2.24) is 0 Å². The molecule has 0 N–H and O–H groups in total. The third-order valence-corrected chi connectivity index (χ3v) is 14.0. The molecule has 0 saturated heterocycles. The number of ether oxygens (including phenoxy) is 3. The smallest absolute Gasteiger partial charge is 0.306 e. The molecule has 0 aliphatic rings. The van der Waals surface area contributed by atoms with Crippen LogP contribution in [-0.4, -0.2) is 37.2 Å². The van der Waals surface area contributed by atoms with Crippen molar-refractivity contribution < 1.29 is 28.6 Å². The van der Waals surface area contributed by atoms with Gasteiger partial charge in [-0.3, -0.25) is 14.4 Å². The normalized spacial score (nSPS) is 12.0. The van der Waals surface area contributed by atoms with Gasteiger partial charge >= 0.3 is 17.9 Å². The zero-order valence-electron chi connectivity index (χ0n) is 46.2. The fourth-order valence-corrected chi connectivity index (χ4v) is 9.39. The Balaban J connectivity index is 4.10. The van der Waals surface area contributed by atoms with Gasteiger partial charge < -0.3 is 14.2 Å². The minimum absolute atomic E-state index is 0.0667. The van der Waals surface area contributed by atoms with E-state index in [4.69, 9.17) is 14.2 Å². The van der Waals surface area contributed by atoms with Crippen molar-refractivity contribution in [2.45, 2.75) is 354 Å². The second-order valence-corrected chi connectivity index (χ2v) is 21.0. The van der Waals surface area contributed by atoms with Crippen LogP contribution in [0.15, 0.2) is 12.2 Å². The van der Waals surface area contributed by atoms with Gasteiger partial charge in [0.15, 0.2) is 6.10 Å². The van der Waals surface area contributed by atoms with Gasteiger partial charge in [-0.25, -0.2) is 0 Å². The summed E-state index contributed by atoms with van der Waals surface area (Å²) in [5.41, 5.74) is 0. The fourth-order valence-electron chi connectivity index (χ4n) is 9.39. The van der Waals surface area contributed by atoms with Gasteiger partial charge in [-0.15, -0.1) is 0 Å². The topological polar surface area (TPSA) is 78.9 Å². The van der Waals surface area contributed by atoms with E-state index in [0.29, 0.717) is 19.3 Å². The first-order valence-corrected chi connectivity index (χ1v) is 30.7. The molecule has 1 atom stereocenters. The van der Waals surface area contributed by atoms with Gasteiger partial charge in [0, 0.05) is 19.3 Å². The molecule has 0 amide bonds. The number of allylic oxidation sites excluding steroid dienone is 2. The van der Waals surface area contributed by atoms with Crippen LogP contribution < -0.4 is 0 Å². The van der Waals surface area contributed by atoms with Crippen LogP contribution in [0, 0.1) is 0 Å². The van der Waals surface area contributed by atoms with Crippen LogP contribution in [0.4, 0.5) is 0 Å². The third-order valence-electron chi connectivity index (χ3n) is 14.0. The Morgan fingerprint density at radius 1 is 0.279 bits per heavy atom. The van der Waals surface area contributed by atoms with Crippen molar-refractivity contribution >= 4 is 17.9 Å². The summed E-state index contributed by atoms with van der Waals surface area (Å²) in [4.78, 5) is 38.1. The molecule has 0 rings (SSSR count). The molecule has 0 aromatic heterocycles. The number of carbonyl (C=O) groups is 3. The minimum atomic E-state index is -0.767. The summed E-state index contributed by atoms with van der Waals surface area (Å²) in [6, 6.07) is 0. The highest BCUT2D eigenvalue weighted by Gasteiger charge is 2.19. The molecule has 0 bridgehead atoms. The lowest BCUT2D eigenvalue weighted by atomic mass is 10.0. The van der Waals surface area contributed by atoms with E-state index in [2.05, 4.69) is 32.9 Å². The van der Waals surface area contributed by atoms with Crippen LogP contribution in [0.1, 0.15) is 348 Å². The van der Waals surface area contributed by atoms with Crippen LogP contribution in [0.3, 0.4) is 0 Å². The molecule has 0 aliphatic carbocycles. The molecular weight excluding hydrogens is 841 g/mol. The van der Waals surface area contributed by atoms with Crippen molar-refractivity contribution in [2.24, 2.45) is 0 Å². The van der Waals surface area contributed by atoms with Crippen molar-refractivity contribution in [3.05, 3.63) is 12.2 Å². The summed E-state index contributed by atoms with van der Waals surface area (Å²) in [6.07, 6.45) is 66.6. The Morgan fingerprint density at radius 2 is 0.515 bits per heavy atom. The Morgan fingerprint density at radius 3 is 0.794 bits per heavy atom. The lowest BCUT2D eigenvalue weighted by molar-refractivity contribution is -0.167. The first kappa shape index (κ1) is 66.2. The molecule has 0 aromatic rings. The lowest BCUT2D eigenvalue weighted by Gasteiger charge is -2.18. The van der Waals surface area contributed by atoms with Gasteiger partial charge in [-0.05, 0) is 38.5 Å². The Kier molecular flexibility index (Phi) is 56.2. The maximum Gasteiger partial charge on any atom is 0.306 e. The maximum atomic E-state index is 12.8. The molecule has 0 heterocycles. The zero-order chi connectivity index (χ0) is 49.3. The molecule has 0 saturated carbocycles. The summed E-state index contributed by atoms with van der Waals surface area (Å²) < 4.78 is 16.9. The van der Waals surface area contributed by atoms with Gasteiger partial charge in [0.1, 0.15) is 13.2 Å². The van der Waals surface area contributed by atoms with Gasteiger partial charge in [0.25, 0.3) is 0 Å². The number of carbonyl (C=O) groups excluding carboxylic acids is 3. The highest BCUT2D eigenvalue weighted by Crippen LogP contribution is 2.18. The first-order valence-electron chi connectivity index (χ1n) is 30.7. The van der Waals surface area contributed by atoms with E-state index < -0.39 is 6.10 Å². The molecule has 402 valence electrons. The highest BCUT2D eigenvalue weighted by molar-refractivity contribution is 5.71. The van der Waals surface area contributed by atoms with Gasteiger partial charge in [-0.1, -0.05) is 303 Å². The number of esters is 3. The minimum Gasteiger partial charge on any atom is -0.462 e. The molecule has 68 heavy (non-hydrogen) atoms. The molecule has 0 fully saturated rings. The van der Waals surface area contributed by atoms with Crippen molar-refractivity contribution in [3.63, 3.8) is 0 Å². The number of hydrogen-bond donors (Lipinski definition) is 0. The molecular formula is C62H118O6. The van der Waals surface area contributed by atoms with Gasteiger partial charge in [-0.2, -0.15) is 0 Å². The second-order valence-electron chi connectivity index (χ2n) is 21.0. The molecule has 0 aromatic carbocycles. The van der Waals surface area contributed by atoms with E-state index in [1.54, 1.807) is 0 Å². The van der Waals surface area contributed by atoms with Gasteiger partial charge in [0.2, 0.25) is 0 Å². The predicted molar refractivity (Wildman–Crippen MR) is 293 cm³/mol. The van der Waals surface area contributed by atoms with E-state index in [1.165, 1.54) is 238 Å². The summed E-state index contributed by atoms with van der Waals surface area (Å²) in [6.45, 7) is 6.63. The lowest BCUT2D eigenvalue weighted by Crippen LogP contribution is -2.30. The summed E-state index contributed by atoms with van der Waals surface area (Å²) in [5, 5.41) is 0. The van der Waals surface area contributed by atoms with E-state index in [1.807, 2.05) is 0 Å². The number of rotatable bonds is 57.